The molecule has 0 saturated carbocycles. The Morgan fingerprint density at radius 2 is 1.00 bits per heavy atom. The predicted molar refractivity (Wildman–Crippen MR) is 36.0 cm³/mol. The third kappa shape index (κ3) is 2.36. The van der Waals surface area contributed by atoms with E-state index >= 15 is 0 Å². The van der Waals surface area contributed by atoms with Crippen LogP contribution in [-0.2, 0) is 0 Å². The first-order valence-corrected chi connectivity index (χ1v) is 3.90. The van der Waals surface area contributed by atoms with E-state index in [2.05, 4.69) is 11.6 Å². The lowest BCUT2D eigenvalue weighted by Crippen LogP contribution is -2.61. The molecule has 0 aliphatic carbocycles. The first kappa shape index (κ1) is 17.3. The zero-order valence-corrected chi connectivity index (χ0v) is 8.29. The Morgan fingerprint density at radius 3 is 1.22 bits per heavy atom. The maximum Gasteiger partial charge on any atom is 0.460 e. The van der Waals surface area contributed by atoms with Gasteiger partial charge in [-0.15, -0.1) is 0 Å². The smallest absolute Gasteiger partial charge is 0.201 e. The minimum Gasteiger partial charge on any atom is -0.201 e. The Labute approximate surface area is 96.0 Å². The minimum absolute atomic E-state index is 3.17. The molecule has 0 N–H and O–H groups in total. The second kappa shape index (κ2) is 4.42. The largest absolute Gasteiger partial charge is 0.460 e. The summed E-state index contributed by atoms with van der Waals surface area (Å²) in [5.41, 5.74) is 0. The molecule has 0 rings (SSSR count). The van der Waals surface area contributed by atoms with E-state index in [1.807, 2.05) is 0 Å². The third-order valence-corrected chi connectivity index (χ3v) is 1.75. The van der Waals surface area contributed by atoms with Crippen LogP contribution >= 0.6 is 11.6 Å². The standard InChI is InChI=1S/C6ClF11/c7-2(9)1(8)3(10,11)4(12,13)5(14,15)6(16,17)18/b2-1-. The maximum absolute atomic E-state index is 12.4. The molecule has 0 saturated heterocycles. The third-order valence-electron chi connectivity index (χ3n) is 1.59. The van der Waals surface area contributed by atoms with Gasteiger partial charge in [-0.05, 0) is 11.6 Å². The Morgan fingerprint density at radius 1 is 0.667 bits per heavy atom. The molecule has 0 unspecified atom stereocenters. The Kier molecular flexibility index (Phi) is 4.24. The van der Waals surface area contributed by atoms with E-state index in [0.29, 0.717) is 0 Å². The van der Waals surface area contributed by atoms with Crippen LogP contribution in [-0.4, -0.2) is 23.9 Å². The van der Waals surface area contributed by atoms with Crippen molar-refractivity contribution in [2.24, 2.45) is 0 Å². The van der Waals surface area contributed by atoms with Crippen LogP contribution in [0.3, 0.4) is 0 Å². The molecule has 0 amide bonds. The Balaban J connectivity index is 5.88. The van der Waals surface area contributed by atoms with E-state index in [1.165, 1.54) is 0 Å². The van der Waals surface area contributed by atoms with Gasteiger partial charge in [-0.25, -0.2) is 4.39 Å². The number of halogens is 12. The maximum atomic E-state index is 12.4. The molecule has 0 spiro atoms. The molecule has 0 radical (unpaired) electrons. The molecule has 0 atom stereocenters. The molecule has 0 aromatic carbocycles. The van der Waals surface area contributed by atoms with Crippen molar-refractivity contribution in [3.63, 3.8) is 0 Å². The van der Waals surface area contributed by atoms with Crippen molar-refractivity contribution in [2.45, 2.75) is 23.9 Å². The molecule has 12 heteroatoms. The predicted octanol–water partition coefficient (Wildman–Crippen LogP) is 4.80. The van der Waals surface area contributed by atoms with Gasteiger partial charge < -0.3 is 0 Å². The summed E-state index contributed by atoms with van der Waals surface area (Å²) in [6, 6.07) is 0. The number of hydrogen-bond acceptors (Lipinski definition) is 0. The average Bonchev–Trinajstić information content (AvgIpc) is 2.13. The summed E-state index contributed by atoms with van der Waals surface area (Å²) in [6.45, 7) is 0. The molecule has 0 aliphatic rings. The number of hydrogen-bond donors (Lipinski definition) is 0. The summed E-state index contributed by atoms with van der Waals surface area (Å²) in [4.78, 5) is 0. The summed E-state index contributed by atoms with van der Waals surface area (Å²) in [7, 11) is 0. The lowest BCUT2D eigenvalue weighted by molar-refractivity contribution is -0.391. The van der Waals surface area contributed by atoms with Crippen molar-refractivity contribution in [1.29, 1.82) is 0 Å². The number of alkyl halides is 9. The fourth-order valence-electron chi connectivity index (χ4n) is 0.632. The molecule has 0 bridgehead atoms. The summed E-state index contributed by atoms with van der Waals surface area (Å²) in [5, 5.41) is -3.17. The summed E-state index contributed by atoms with van der Waals surface area (Å²) in [6.07, 6.45) is -7.11. The molecule has 18 heavy (non-hydrogen) atoms. The lowest BCUT2D eigenvalue weighted by atomic mass is 10.0. The topological polar surface area (TPSA) is 0 Å². The van der Waals surface area contributed by atoms with Gasteiger partial charge in [0.25, 0.3) is 0 Å². The first-order chi connectivity index (χ1) is 7.60. The second-order valence-corrected chi connectivity index (χ2v) is 3.13. The van der Waals surface area contributed by atoms with E-state index in [4.69, 9.17) is 0 Å². The van der Waals surface area contributed by atoms with Crippen LogP contribution < -0.4 is 0 Å². The van der Waals surface area contributed by atoms with Crippen LogP contribution in [0, 0.1) is 0 Å². The van der Waals surface area contributed by atoms with E-state index in [-0.39, 0.29) is 0 Å². The highest BCUT2D eigenvalue weighted by Gasteiger charge is 2.83. The lowest BCUT2D eigenvalue weighted by Gasteiger charge is -2.32. The van der Waals surface area contributed by atoms with E-state index in [1.54, 1.807) is 0 Å². The molecule has 0 heterocycles. The van der Waals surface area contributed by atoms with Gasteiger partial charge in [0.05, 0.1) is 0 Å². The quantitative estimate of drug-likeness (QED) is 0.656. The normalized spacial score (nSPS) is 16.7. The van der Waals surface area contributed by atoms with Crippen LogP contribution in [0.15, 0.2) is 11.1 Å². The van der Waals surface area contributed by atoms with Gasteiger partial charge in [-0.3, -0.25) is 0 Å². The Bertz CT molecular complexity index is 347. The van der Waals surface area contributed by atoms with Crippen molar-refractivity contribution in [1.82, 2.24) is 0 Å². The summed E-state index contributed by atoms with van der Waals surface area (Å²) >= 11 is 3.88. The van der Waals surface area contributed by atoms with Crippen molar-refractivity contribution in [3.05, 3.63) is 11.1 Å². The van der Waals surface area contributed by atoms with Gasteiger partial charge >= 0.3 is 23.9 Å². The van der Waals surface area contributed by atoms with Crippen molar-refractivity contribution in [3.8, 4) is 0 Å². The highest BCUT2D eigenvalue weighted by Crippen LogP contribution is 2.55. The number of rotatable bonds is 3. The van der Waals surface area contributed by atoms with Gasteiger partial charge in [0, 0.05) is 0 Å². The average molecular weight is 316 g/mol. The van der Waals surface area contributed by atoms with Gasteiger partial charge in [0.1, 0.15) is 0 Å². The van der Waals surface area contributed by atoms with Crippen molar-refractivity contribution in [2.75, 3.05) is 0 Å². The van der Waals surface area contributed by atoms with E-state index in [0.717, 1.165) is 0 Å². The SMILES string of the molecule is F/C(Cl)=C(\F)C(F)(F)C(F)(F)C(F)(F)C(F)(F)F. The van der Waals surface area contributed by atoms with Gasteiger partial charge in [-0.1, -0.05) is 0 Å². The molecule has 0 nitrogen and oxygen atoms in total. The van der Waals surface area contributed by atoms with Gasteiger partial charge in [-0.2, -0.15) is 43.9 Å². The zero-order valence-electron chi connectivity index (χ0n) is 7.54. The fraction of sp³-hybridized carbons (Fsp3) is 0.667. The minimum atomic E-state index is -7.30. The molecule has 0 aromatic rings. The second-order valence-electron chi connectivity index (χ2n) is 2.80. The zero-order chi connectivity index (χ0) is 15.2. The van der Waals surface area contributed by atoms with Gasteiger partial charge in [0.15, 0.2) is 0 Å². The molecular formula is C6ClF11. The molecule has 108 valence electrons. The first-order valence-electron chi connectivity index (χ1n) is 3.52. The fourth-order valence-corrected chi connectivity index (χ4v) is 0.750. The molecule has 0 aromatic heterocycles. The van der Waals surface area contributed by atoms with E-state index in [9.17, 15) is 48.3 Å². The van der Waals surface area contributed by atoms with Crippen molar-refractivity contribution >= 4 is 11.6 Å². The number of allylic oxidation sites excluding steroid dienone is 1. The summed E-state index contributed by atoms with van der Waals surface area (Å²) < 4.78 is 132. The van der Waals surface area contributed by atoms with Crippen LogP contribution in [0.2, 0.25) is 0 Å². The Hall–Kier alpha value is -0.740. The van der Waals surface area contributed by atoms with Crippen LogP contribution in [0.5, 0.6) is 0 Å². The summed E-state index contributed by atoms with van der Waals surface area (Å²) in [5.74, 6) is -25.3. The molecule has 0 aliphatic heterocycles. The van der Waals surface area contributed by atoms with Gasteiger partial charge in [0.2, 0.25) is 11.1 Å². The van der Waals surface area contributed by atoms with Crippen LogP contribution in [0.1, 0.15) is 0 Å². The van der Waals surface area contributed by atoms with E-state index < -0.39 is 35.1 Å². The van der Waals surface area contributed by atoms with Crippen molar-refractivity contribution < 1.29 is 48.3 Å². The van der Waals surface area contributed by atoms with Crippen LogP contribution in [0.25, 0.3) is 0 Å². The highest BCUT2D eigenvalue weighted by atomic mass is 35.5. The van der Waals surface area contributed by atoms with Crippen LogP contribution in [0.4, 0.5) is 48.3 Å². The monoisotopic (exact) mass is 316 g/mol. The molecular weight excluding hydrogens is 316 g/mol. The highest BCUT2D eigenvalue weighted by molar-refractivity contribution is 6.28. The molecule has 0 fully saturated rings.